The molecule has 2 rings (SSSR count). The van der Waals surface area contributed by atoms with Crippen LogP contribution in [0.2, 0.25) is 5.02 Å². The molecule has 0 saturated carbocycles. The Morgan fingerprint density at radius 1 is 1.36 bits per heavy atom. The smallest absolute Gasteiger partial charge is 0.327 e. The molecule has 0 aliphatic rings. The number of benzene rings is 1. The molecule has 6 nitrogen and oxygen atoms in total. The molecule has 0 bridgehead atoms. The number of carboxylic acids is 1. The number of fused-ring (bicyclic) bond motifs is 1. The molecule has 1 unspecified atom stereocenters. The molecule has 25 heavy (non-hydrogen) atoms. The van der Waals surface area contributed by atoms with E-state index in [0.29, 0.717) is 22.6 Å². The van der Waals surface area contributed by atoms with Crippen LogP contribution in [0.1, 0.15) is 32.6 Å². The summed E-state index contributed by atoms with van der Waals surface area (Å²) in [6, 6.07) is 6.37. The van der Waals surface area contributed by atoms with Gasteiger partial charge in [0, 0.05) is 23.2 Å². The minimum absolute atomic E-state index is 0.0906. The van der Waals surface area contributed by atoms with E-state index in [0.717, 1.165) is 24.6 Å². The number of nitrogens with zero attached hydrogens (tertiary/aromatic N) is 2. The lowest BCUT2D eigenvalue weighted by atomic mass is 10.1. The Balaban J connectivity index is 2.43. The highest BCUT2D eigenvalue weighted by molar-refractivity contribution is 6.31. The molecule has 3 N–H and O–H groups in total. The number of nitrogens with one attached hydrogen (secondary N) is 1. The van der Waals surface area contributed by atoms with Gasteiger partial charge in [-0.25, -0.2) is 10.2 Å². The van der Waals surface area contributed by atoms with Crippen molar-refractivity contribution in [1.29, 1.82) is 0 Å². The van der Waals surface area contributed by atoms with Crippen LogP contribution in [-0.4, -0.2) is 40.4 Å². The molecule has 1 aromatic carbocycles. The van der Waals surface area contributed by atoms with Gasteiger partial charge in [0.25, 0.3) is 0 Å². The van der Waals surface area contributed by atoms with Crippen LogP contribution in [0.5, 0.6) is 0 Å². The number of hydrazine groups is 1. The molecule has 7 heteroatoms. The van der Waals surface area contributed by atoms with E-state index in [9.17, 15) is 15.0 Å². The van der Waals surface area contributed by atoms with Crippen molar-refractivity contribution in [3.05, 3.63) is 35.5 Å². The van der Waals surface area contributed by atoms with Gasteiger partial charge in [-0.1, -0.05) is 37.8 Å². The molecule has 0 aliphatic heterocycles. The van der Waals surface area contributed by atoms with Crippen molar-refractivity contribution in [2.75, 3.05) is 18.2 Å². The van der Waals surface area contributed by atoms with Crippen molar-refractivity contribution in [3.8, 4) is 0 Å². The van der Waals surface area contributed by atoms with E-state index in [4.69, 9.17) is 11.6 Å². The normalized spacial score (nSPS) is 12.3. The average Bonchev–Trinajstić information content (AvgIpc) is 2.59. The highest BCUT2D eigenvalue weighted by Gasteiger charge is 2.26. The molecule has 1 heterocycles. The van der Waals surface area contributed by atoms with Crippen LogP contribution in [0.3, 0.4) is 0 Å². The van der Waals surface area contributed by atoms with Gasteiger partial charge in [0.15, 0.2) is 0 Å². The Kier molecular flexibility index (Phi) is 7.43. The van der Waals surface area contributed by atoms with Crippen molar-refractivity contribution in [2.45, 2.75) is 38.6 Å². The predicted octanol–water partition coefficient (Wildman–Crippen LogP) is 3.23. The largest absolute Gasteiger partial charge is 0.480 e. The highest BCUT2D eigenvalue weighted by Crippen LogP contribution is 2.29. The lowest BCUT2D eigenvalue weighted by molar-refractivity contribution is -0.139. The van der Waals surface area contributed by atoms with E-state index in [1.165, 1.54) is 0 Å². The van der Waals surface area contributed by atoms with E-state index >= 15 is 0 Å². The number of carboxylic acid groups (broad SMARTS) is 1. The molecule has 0 spiro atoms. The number of aromatic nitrogens is 1. The fourth-order valence-electron chi connectivity index (χ4n) is 2.80. The van der Waals surface area contributed by atoms with Crippen molar-refractivity contribution in [2.24, 2.45) is 0 Å². The van der Waals surface area contributed by atoms with E-state index in [2.05, 4.69) is 17.3 Å². The second-order valence-corrected chi connectivity index (χ2v) is 6.28. The minimum atomic E-state index is -0.902. The number of aliphatic hydroxyl groups excluding tert-OH is 1. The summed E-state index contributed by atoms with van der Waals surface area (Å²) >= 11 is 6.04. The summed E-state index contributed by atoms with van der Waals surface area (Å²) in [6.45, 7) is 2.25. The Morgan fingerprint density at radius 3 is 2.84 bits per heavy atom. The number of hydrogen-bond acceptors (Lipinski definition) is 5. The number of aliphatic hydroxyl groups is 1. The van der Waals surface area contributed by atoms with Crippen LogP contribution >= 0.6 is 11.6 Å². The van der Waals surface area contributed by atoms with Gasteiger partial charge in [-0.3, -0.25) is 9.99 Å². The summed E-state index contributed by atoms with van der Waals surface area (Å²) in [4.78, 5) is 16.2. The first-order valence-electron chi connectivity index (χ1n) is 8.49. The maximum absolute atomic E-state index is 11.9. The summed E-state index contributed by atoms with van der Waals surface area (Å²) in [7, 11) is 0. The zero-order chi connectivity index (χ0) is 18.2. The fourth-order valence-corrected chi connectivity index (χ4v) is 2.97. The molecule has 136 valence electrons. The van der Waals surface area contributed by atoms with Gasteiger partial charge in [0.1, 0.15) is 6.04 Å². The third-order valence-corrected chi connectivity index (χ3v) is 4.25. The molecule has 0 saturated heterocycles. The molecule has 2 aromatic rings. The number of unbranched alkanes of at least 4 members (excludes halogenated alkanes) is 2. The Bertz CT molecular complexity index is 711. The monoisotopic (exact) mass is 365 g/mol. The van der Waals surface area contributed by atoms with Crippen LogP contribution in [0.15, 0.2) is 30.5 Å². The van der Waals surface area contributed by atoms with Gasteiger partial charge in [0.2, 0.25) is 0 Å². The van der Waals surface area contributed by atoms with Crippen LogP contribution in [0.4, 0.5) is 5.69 Å². The maximum atomic E-state index is 11.9. The SMILES string of the molecule is CCCCCC(C(=O)O)N(NCCO)c1ccnc2cc(Cl)ccc12. The molecule has 0 amide bonds. The number of halogens is 1. The zero-order valence-corrected chi connectivity index (χ0v) is 15.0. The number of anilines is 1. The van der Waals surface area contributed by atoms with Crippen LogP contribution in [0, 0.1) is 0 Å². The quantitative estimate of drug-likeness (QED) is 0.442. The summed E-state index contributed by atoms with van der Waals surface area (Å²) < 4.78 is 0. The second-order valence-electron chi connectivity index (χ2n) is 5.84. The van der Waals surface area contributed by atoms with Crippen molar-refractivity contribution < 1.29 is 15.0 Å². The molecular weight excluding hydrogens is 342 g/mol. The van der Waals surface area contributed by atoms with Gasteiger partial charge in [0.05, 0.1) is 17.8 Å². The first-order valence-corrected chi connectivity index (χ1v) is 8.87. The molecule has 0 aliphatic carbocycles. The summed E-state index contributed by atoms with van der Waals surface area (Å²) in [5.74, 6) is -0.902. The third-order valence-electron chi connectivity index (χ3n) is 4.01. The Hall–Kier alpha value is -1.89. The minimum Gasteiger partial charge on any atom is -0.480 e. The van der Waals surface area contributed by atoms with Crippen LogP contribution < -0.4 is 10.4 Å². The predicted molar refractivity (Wildman–Crippen MR) is 99.9 cm³/mol. The van der Waals surface area contributed by atoms with Gasteiger partial charge >= 0.3 is 5.97 Å². The third kappa shape index (κ3) is 5.04. The van der Waals surface area contributed by atoms with Crippen molar-refractivity contribution >= 4 is 34.2 Å². The molecule has 1 aromatic heterocycles. The molecule has 1 atom stereocenters. The second kappa shape index (κ2) is 9.56. The highest BCUT2D eigenvalue weighted by atomic mass is 35.5. The Labute approximate surface area is 152 Å². The first-order chi connectivity index (χ1) is 12.1. The van der Waals surface area contributed by atoms with Crippen LogP contribution in [-0.2, 0) is 4.79 Å². The molecule has 0 radical (unpaired) electrons. The summed E-state index contributed by atoms with van der Waals surface area (Å²) in [5.41, 5.74) is 4.44. The number of pyridine rings is 1. The van der Waals surface area contributed by atoms with E-state index in [1.54, 1.807) is 29.4 Å². The molecular formula is C18H24ClN3O3. The Morgan fingerprint density at radius 2 is 2.16 bits per heavy atom. The summed E-state index contributed by atoms with van der Waals surface area (Å²) in [5, 5.41) is 21.9. The van der Waals surface area contributed by atoms with E-state index in [-0.39, 0.29) is 13.2 Å². The first kappa shape index (κ1) is 19.4. The molecule has 0 fully saturated rings. The zero-order valence-electron chi connectivity index (χ0n) is 14.3. The van der Waals surface area contributed by atoms with Gasteiger partial charge < -0.3 is 10.2 Å². The lowest BCUT2D eigenvalue weighted by Crippen LogP contribution is -2.51. The standard InChI is InChI=1S/C18H24ClN3O3/c1-2-3-4-5-17(18(24)25)22(21-10-11-23)16-8-9-20-15-12-13(19)6-7-14(15)16/h6-9,12,17,21,23H,2-5,10-11H2,1H3,(H,24,25). The number of carbonyl (C=O) groups is 1. The van der Waals surface area contributed by atoms with Crippen molar-refractivity contribution in [1.82, 2.24) is 10.4 Å². The number of aliphatic carboxylic acids is 1. The van der Waals surface area contributed by atoms with Crippen molar-refractivity contribution in [3.63, 3.8) is 0 Å². The lowest BCUT2D eigenvalue weighted by Gasteiger charge is -2.32. The number of rotatable bonds is 10. The maximum Gasteiger partial charge on any atom is 0.327 e. The number of hydrogen-bond donors (Lipinski definition) is 3. The van der Waals surface area contributed by atoms with E-state index in [1.807, 2.05) is 6.07 Å². The van der Waals surface area contributed by atoms with E-state index < -0.39 is 12.0 Å². The summed E-state index contributed by atoms with van der Waals surface area (Å²) in [6.07, 6.45) is 4.96. The average molecular weight is 366 g/mol. The fraction of sp³-hybridized carbons (Fsp3) is 0.444. The van der Waals surface area contributed by atoms with Crippen LogP contribution in [0.25, 0.3) is 10.9 Å². The van der Waals surface area contributed by atoms with Gasteiger partial charge in [-0.15, -0.1) is 0 Å². The van der Waals surface area contributed by atoms with Gasteiger partial charge in [-0.05, 0) is 30.7 Å². The topological polar surface area (TPSA) is 85.7 Å². The van der Waals surface area contributed by atoms with Gasteiger partial charge in [-0.2, -0.15) is 0 Å².